The molecule has 0 spiro atoms. The number of nitrogens with two attached hydrogens (primary N) is 1. The van der Waals surface area contributed by atoms with Gasteiger partial charge in [-0.1, -0.05) is 26.7 Å². The van der Waals surface area contributed by atoms with Gasteiger partial charge in [0.25, 0.3) is 5.91 Å². The zero-order valence-corrected chi connectivity index (χ0v) is 12.5. The molecule has 2 unspecified atom stereocenters. The Kier molecular flexibility index (Phi) is 4.80. The highest BCUT2D eigenvalue weighted by Crippen LogP contribution is 2.32. The lowest BCUT2D eigenvalue weighted by molar-refractivity contribution is 0.0996. The third-order valence-corrected chi connectivity index (χ3v) is 4.34. The van der Waals surface area contributed by atoms with Crippen LogP contribution in [0.1, 0.15) is 49.9 Å². The van der Waals surface area contributed by atoms with E-state index >= 15 is 0 Å². The van der Waals surface area contributed by atoms with E-state index in [1.54, 1.807) is 0 Å². The van der Waals surface area contributed by atoms with E-state index in [1.165, 1.54) is 12.5 Å². The van der Waals surface area contributed by atoms with Gasteiger partial charge in [-0.3, -0.25) is 4.79 Å². The fourth-order valence-corrected chi connectivity index (χ4v) is 3.03. The van der Waals surface area contributed by atoms with Crippen LogP contribution in [0.15, 0.2) is 12.1 Å². The van der Waals surface area contributed by atoms with Gasteiger partial charge in [0.2, 0.25) is 0 Å². The average Bonchev–Trinajstić information content (AvgIpc) is 2.41. The predicted octanol–water partition coefficient (Wildman–Crippen LogP) is 3.69. The molecular weight excluding hydrogens is 274 g/mol. The van der Waals surface area contributed by atoms with Crippen LogP contribution in [-0.4, -0.2) is 11.9 Å². The topological polar surface area (TPSA) is 55.1 Å². The fourth-order valence-electron chi connectivity index (χ4n) is 3.03. The van der Waals surface area contributed by atoms with Crippen LogP contribution in [0, 0.1) is 23.5 Å². The molecule has 2 atom stereocenters. The molecule has 0 heterocycles. The van der Waals surface area contributed by atoms with Crippen LogP contribution in [0.3, 0.4) is 0 Å². The zero-order chi connectivity index (χ0) is 15.6. The largest absolute Gasteiger partial charge is 0.380 e. The minimum atomic E-state index is -0.922. The summed E-state index contributed by atoms with van der Waals surface area (Å²) in [5.74, 6) is -1.30. The van der Waals surface area contributed by atoms with Crippen LogP contribution < -0.4 is 11.1 Å². The van der Waals surface area contributed by atoms with Gasteiger partial charge in [-0.25, -0.2) is 8.78 Å². The second kappa shape index (κ2) is 6.41. The van der Waals surface area contributed by atoms with Crippen LogP contribution in [0.25, 0.3) is 0 Å². The summed E-state index contributed by atoms with van der Waals surface area (Å²) in [6.07, 6.45) is 4.19. The highest BCUT2D eigenvalue weighted by molar-refractivity contribution is 5.94. The number of halogens is 2. The number of amides is 1. The van der Waals surface area contributed by atoms with Gasteiger partial charge >= 0.3 is 0 Å². The highest BCUT2D eigenvalue weighted by Gasteiger charge is 2.25. The van der Waals surface area contributed by atoms with Gasteiger partial charge in [-0.15, -0.1) is 0 Å². The standard InChI is InChI=1S/C16H22F2N2O/c1-9(2)10-4-3-5-11(6-10)20-15-7-12(16(19)21)13(17)8-14(15)18/h7-11,20H,3-6H2,1-2H3,(H2,19,21). The smallest absolute Gasteiger partial charge is 0.251 e. The maximum Gasteiger partial charge on any atom is 0.251 e. The Morgan fingerprint density at radius 2 is 2.00 bits per heavy atom. The number of nitrogens with one attached hydrogen (secondary N) is 1. The first kappa shape index (κ1) is 15.7. The molecule has 0 bridgehead atoms. The molecule has 1 fully saturated rings. The summed E-state index contributed by atoms with van der Waals surface area (Å²) in [6, 6.07) is 2.03. The monoisotopic (exact) mass is 296 g/mol. The van der Waals surface area contributed by atoms with E-state index in [1.807, 2.05) is 0 Å². The van der Waals surface area contributed by atoms with Gasteiger partial charge in [0.05, 0.1) is 11.3 Å². The third kappa shape index (κ3) is 3.71. The normalized spacial score (nSPS) is 22.3. The minimum Gasteiger partial charge on any atom is -0.380 e. The molecule has 3 nitrogen and oxygen atoms in total. The van der Waals surface area contributed by atoms with Crippen molar-refractivity contribution in [2.45, 2.75) is 45.6 Å². The summed E-state index contributed by atoms with van der Waals surface area (Å²) in [6.45, 7) is 4.38. The molecule has 1 aliphatic rings. The molecule has 0 aliphatic heterocycles. The van der Waals surface area contributed by atoms with E-state index in [9.17, 15) is 13.6 Å². The van der Waals surface area contributed by atoms with Gasteiger partial charge in [0.15, 0.2) is 0 Å². The first-order valence-corrected chi connectivity index (χ1v) is 7.44. The predicted molar refractivity (Wildman–Crippen MR) is 79.1 cm³/mol. The SMILES string of the molecule is CC(C)C1CCCC(Nc2cc(C(N)=O)c(F)cc2F)C1. The van der Waals surface area contributed by atoms with Gasteiger partial charge in [0.1, 0.15) is 11.6 Å². The van der Waals surface area contributed by atoms with E-state index in [2.05, 4.69) is 19.2 Å². The quantitative estimate of drug-likeness (QED) is 0.890. The highest BCUT2D eigenvalue weighted by atomic mass is 19.1. The van der Waals surface area contributed by atoms with E-state index in [0.29, 0.717) is 17.9 Å². The Morgan fingerprint density at radius 3 is 2.62 bits per heavy atom. The number of hydrogen-bond acceptors (Lipinski definition) is 2. The third-order valence-electron chi connectivity index (χ3n) is 4.34. The van der Waals surface area contributed by atoms with Crippen molar-refractivity contribution in [1.29, 1.82) is 0 Å². The molecule has 0 aromatic heterocycles. The van der Waals surface area contributed by atoms with Crippen molar-refractivity contribution in [2.24, 2.45) is 17.6 Å². The van der Waals surface area contributed by atoms with Gasteiger partial charge in [-0.05, 0) is 30.7 Å². The minimum absolute atomic E-state index is 0.145. The van der Waals surface area contributed by atoms with Gasteiger partial charge < -0.3 is 11.1 Å². The Balaban J connectivity index is 2.15. The Morgan fingerprint density at radius 1 is 1.29 bits per heavy atom. The molecule has 3 N–H and O–H groups in total. The molecule has 0 radical (unpaired) electrons. The van der Waals surface area contributed by atoms with Gasteiger partial charge in [-0.2, -0.15) is 0 Å². The van der Waals surface area contributed by atoms with Crippen molar-refractivity contribution in [3.05, 3.63) is 29.3 Å². The summed E-state index contributed by atoms with van der Waals surface area (Å²) in [5.41, 5.74) is 4.97. The lowest BCUT2D eigenvalue weighted by Crippen LogP contribution is -2.30. The van der Waals surface area contributed by atoms with E-state index < -0.39 is 17.5 Å². The first-order valence-electron chi connectivity index (χ1n) is 7.44. The maximum atomic E-state index is 13.8. The number of benzene rings is 1. The summed E-state index contributed by atoms with van der Waals surface area (Å²) >= 11 is 0. The zero-order valence-electron chi connectivity index (χ0n) is 12.5. The Hall–Kier alpha value is -1.65. The molecule has 1 aromatic carbocycles. The molecule has 1 aromatic rings. The van der Waals surface area contributed by atoms with Crippen LogP contribution in [-0.2, 0) is 0 Å². The van der Waals surface area contributed by atoms with Gasteiger partial charge in [0, 0.05) is 12.1 Å². The Bertz CT molecular complexity index is 531. The van der Waals surface area contributed by atoms with Crippen LogP contribution in [0.4, 0.5) is 14.5 Å². The van der Waals surface area contributed by atoms with Crippen molar-refractivity contribution >= 4 is 11.6 Å². The molecule has 5 heteroatoms. The summed E-state index contributed by atoms with van der Waals surface area (Å²) in [4.78, 5) is 11.2. The molecule has 21 heavy (non-hydrogen) atoms. The molecule has 1 aliphatic carbocycles. The average molecular weight is 296 g/mol. The van der Waals surface area contributed by atoms with Crippen molar-refractivity contribution in [2.75, 3.05) is 5.32 Å². The molecule has 116 valence electrons. The second-order valence-electron chi connectivity index (χ2n) is 6.19. The van der Waals surface area contributed by atoms with Crippen LogP contribution >= 0.6 is 0 Å². The lowest BCUT2D eigenvalue weighted by atomic mass is 9.79. The summed E-state index contributed by atoms with van der Waals surface area (Å²) in [7, 11) is 0. The van der Waals surface area contributed by atoms with E-state index in [0.717, 1.165) is 19.3 Å². The number of anilines is 1. The van der Waals surface area contributed by atoms with Crippen molar-refractivity contribution < 1.29 is 13.6 Å². The number of primary amides is 1. The van der Waals surface area contributed by atoms with Crippen LogP contribution in [0.2, 0.25) is 0 Å². The molecule has 1 saturated carbocycles. The number of carbonyl (C=O) groups is 1. The molecule has 1 amide bonds. The summed E-state index contributed by atoms with van der Waals surface area (Å²) < 4.78 is 27.3. The Labute approximate surface area is 123 Å². The van der Waals surface area contributed by atoms with Crippen molar-refractivity contribution in [3.63, 3.8) is 0 Å². The second-order valence-corrected chi connectivity index (χ2v) is 6.19. The van der Waals surface area contributed by atoms with Crippen molar-refractivity contribution in [1.82, 2.24) is 0 Å². The van der Waals surface area contributed by atoms with E-state index in [4.69, 9.17) is 5.73 Å². The number of hydrogen-bond donors (Lipinski definition) is 2. The number of rotatable bonds is 4. The first-order chi connectivity index (χ1) is 9.88. The van der Waals surface area contributed by atoms with Crippen molar-refractivity contribution in [3.8, 4) is 0 Å². The summed E-state index contributed by atoms with van der Waals surface area (Å²) in [5, 5.41) is 3.11. The van der Waals surface area contributed by atoms with Crippen LogP contribution in [0.5, 0.6) is 0 Å². The lowest BCUT2D eigenvalue weighted by Gasteiger charge is -2.32. The fraction of sp³-hybridized carbons (Fsp3) is 0.562. The maximum absolute atomic E-state index is 13.8. The molecule has 2 rings (SSSR count). The van der Waals surface area contributed by atoms with E-state index in [-0.39, 0.29) is 17.3 Å². The molecule has 0 saturated heterocycles. The number of carbonyl (C=O) groups excluding carboxylic acids is 1. The molecular formula is C16H22F2N2O.